The summed E-state index contributed by atoms with van der Waals surface area (Å²) < 4.78 is 41.1. The Morgan fingerprint density at radius 1 is 1.29 bits per heavy atom. The number of anilines is 1. The van der Waals surface area contributed by atoms with Crippen LogP contribution in [0, 0.1) is 24.4 Å². The molecule has 0 bridgehead atoms. The molecule has 0 spiro atoms. The number of nitrogens with zero attached hydrogens (tertiary/aromatic N) is 2. The lowest BCUT2D eigenvalue weighted by Gasteiger charge is -2.05. The zero-order valence-electron chi connectivity index (χ0n) is 10.7. The fraction of sp³-hybridized carbons (Fsp3) is 0.0769. The van der Waals surface area contributed by atoms with Crippen molar-refractivity contribution in [1.82, 2.24) is 9.38 Å². The van der Waals surface area contributed by atoms with Gasteiger partial charge < -0.3 is 5.32 Å². The highest BCUT2D eigenvalue weighted by Gasteiger charge is 2.18. The number of nitrogens with one attached hydrogen (secondary N) is 1. The molecule has 1 amide bonds. The van der Waals surface area contributed by atoms with Crippen LogP contribution in [0.1, 0.15) is 16.2 Å². The van der Waals surface area contributed by atoms with Crippen LogP contribution in [0.15, 0.2) is 23.7 Å². The molecule has 3 aromatic rings. The second-order valence-electron chi connectivity index (χ2n) is 4.33. The van der Waals surface area contributed by atoms with E-state index in [9.17, 15) is 18.0 Å². The van der Waals surface area contributed by atoms with Crippen molar-refractivity contribution in [2.75, 3.05) is 5.32 Å². The number of thiazole rings is 1. The second-order valence-corrected chi connectivity index (χ2v) is 5.17. The molecule has 0 aliphatic rings. The largest absolute Gasteiger partial charge is 0.318 e. The lowest BCUT2D eigenvalue weighted by atomic mass is 10.2. The molecule has 0 fully saturated rings. The summed E-state index contributed by atoms with van der Waals surface area (Å²) in [6, 6.07) is 1.69. The third-order valence-electron chi connectivity index (χ3n) is 2.90. The summed E-state index contributed by atoms with van der Waals surface area (Å²) in [6.45, 7) is 1.85. The molecule has 0 radical (unpaired) electrons. The van der Waals surface area contributed by atoms with Crippen molar-refractivity contribution in [1.29, 1.82) is 0 Å². The monoisotopic (exact) mass is 311 g/mol. The molecule has 2 aromatic heterocycles. The SMILES string of the molecule is Cc1csc2nc(C(=O)Nc3ccc(F)c(F)c3F)cn12. The number of hydrogen-bond acceptors (Lipinski definition) is 3. The van der Waals surface area contributed by atoms with Gasteiger partial charge in [-0.1, -0.05) is 0 Å². The van der Waals surface area contributed by atoms with E-state index in [-0.39, 0.29) is 5.69 Å². The summed E-state index contributed by atoms with van der Waals surface area (Å²) in [4.78, 5) is 16.7. The average molecular weight is 311 g/mol. The Hall–Kier alpha value is -2.35. The van der Waals surface area contributed by atoms with E-state index in [1.807, 2.05) is 12.3 Å². The van der Waals surface area contributed by atoms with Crippen molar-refractivity contribution in [3.63, 3.8) is 0 Å². The highest BCUT2D eigenvalue weighted by Crippen LogP contribution is 2.21. The van der Waals surface area contributed by atoms with Crippen LogP contribution in [0.3, 0.4) is 0 Å². The van der Waals surface area contributed by atoms with E-state index in [1.54, 1.807) is 4.40 Å². The van der Waals surface area contributed by atoms with Crippen LogP contribution in [-0.2, 0) is 0 Å². The van der Waals surface area contributed by atoms with Gasteiger partial charge in [-0.2, -0.15) is 0 Å². The number of hydrogen-bond donors (Lipinski definition) is 1. The summed E-state index contributed by atoms with van der Waals surface area (Å²) in [6.07, 6.45) is 1.49. The lowest BCUT2D eigenvalue weighted by molar-refractivity contribution is 0.102. The van der Waals surface area contributed by atoms with E-state index in [2.05, 4.69) is 10.3 Å². The van der Waals surface area contributed by atoms with E-state index in [0.717, 1.165) is 17.8 Å². The van der Waals surface area contributed by atoms with Crippen LogP contribution in [0.25, 0.3) is 4.96 Å². The molecule has 2 heterocycles. The van der Waals surface area contributed by atoms with Crippen molar-refractivity contribution in [2.45, 2.75) is 6.92 Å². The number of halogens is 3. The minimum absolute atomic E-state index is 0.0640. The molecule has 4 nitrogen and oxygen atoms in total. The number of benzene rings is 1. The maximum atomic E-state index is 13.5. The lowest BCUT2D eigenvalue weighted by Crippen LogP contribution is -2.14. The Labute approximate surface area is 120 Å². The number of carbonyl (C=O) groups is 1. The van der Waals surface area contributed by atoms with Crippen molar-refractivity contribution in [2.24, 2.45) is 0 Å². The predicted octanol–water partition coefficient (Wildman–Crippen LogP) is 3.37. The van der Waals surface area contributed by atoms with Gasteiger partial charge in [-0.05, 0) is 19.1 Å². The van der Waals surface area contributed by atoms with Crippen molar-refractivity contribution >= 4 is 27.9 Å². The van der Waals surface area contributed by atoms with Crippen molar-refractivity contribution < 1.29 is 18.0 Å². The maximum absolute atomic E-state index is 13.5. The number of carbonyl (C=O) groups excluding carboxylic acids is 1. The van der Waals surface area contributed by atoms with Gasteiger partial charge in [0.15, 0.2) is 22.4 Å². The third-order valence-corrected chi connectivity index (χ3v) is 3.86. The number of aryl methyl sites for hydroxylation is 1. The normalized spacial score (nSPS) is 11.0. The Morgan fingerprint density at radius 3 is 2.76 bits per heavy atom. The molecular weight excluding hydrogens is 303 g/mol. The van der Waals surface area contributed by atoms with Gasteiger partial charge >= 0.3 is 0 Å². The molecule has 8 heteroatoms. The van der Waals surface area contributed by atoms with Crippen LogP contribution < -0.4 is 5.32 Å². The first-order valence-electron chi connectivity index (χ1n) is 5.85. The summed E-state index contributed by atoms with van der Waals surface area (Å²) in [5.74, 6) is -5.09. The van der Waals surface area contributed by atoms with Gasteiger partial charge in [0.05, 0.1) is 5.69 Å². The van der Waals surface area contributed by atoms with Crippen LogP contribution >= 0.6 is 11.3 Å². The molecule has 0 atom stereocenters. The van der Waals surface area contributed by atoms with Crippen LogP contribution in [-0.4, -0.2) is 15.3 Å². The van der Waals surface area contributed by atoms with Crippen LogP contribution in [0.4, 0.5) is 18.9 Å². The quantitative estimate of drug-likeness (QED) is 0.738. The predicted molar refractivity (Wildman–Crippen MR) is 72.1 cm³/mol. The Kier molecular flexibility index (Phi) is 3.17. The molecule has 3 rings (SSSR count). The molecule has 0 saturated carbocycles. The van der Waals surface area contributed by atoms with Gasteiger partial charge in [0, 0.05) is 17.3 Å². The standard InChI is InChI=1S/C13H8F3N3OS/c1-6-5-21-13-18-9(4-19(6)13)12(20)17-8-3-2-7(14)10(15)11(8)16/h2-5H,1H3,(H,17,20). The third kappa shape index (κ3) is 2.27. The molecule has 0 saturated heterocycles. The smallest absolute Gasteiger partial charge is 0.275 e. The van der Waals surface area contributed by atoms with E-state index < -0.39 is 29.0 Å². The minimum Gasteiger partial charge on any atom is -0.318 e. The Balaban J connectivity index is 1.91. The average Bonchev–Trinajstić information content (AvgIpc) is 3.02. The molecule has 0 aliphatic carbocycles. The molecule has 0 unspecified atom stereocenters. The topological polar surface area (TPSA) is 46.4 Å². The Bertz CT molecular complexity index is 856. The summed E-state index contributed by atoms with van der Waals surface area (Å²) in [5.41, 5.74) is 0.529. The molecule has 21 heavy (non-hydrogen) atoms. The van der Waals surface area contributed by atoms with Gasteiger partial charge in [-0.25, -0.2) is 18.2 Å². The first kappa shape index (κ1) is 13.6. The van der Waals surface area contributed by atoms with Crippen LogP contribution in [0.5, 0.6) is 0 Å². The first-order chi connectivity index (χ1) is 9.97. The van der Waals surface area contributed by atoms with Crippen LogP contribution in [0.2, 0.25) is 0 Å². The first-order valence-corrected chi connectivity index (χ1v) is 6.73. The van der Waals surface area contributed by atoms with Gasteiger partial charge in [0.2, 0.25) is 0 Å². The number of fused-ring (bicyclic) bond motifs is 1. The maximum Gasteiger partial charge on any atom is 0.275 e. The highest BCUT2D eigenvalue weighted by atomic mass is 32.1. The zero-order chi connectivity index (χ0) is 15.1. The summed E-state index contributed by atoms with van der Waals surface area (Å²) in [7, 11) is 0. The van der Waals surface area contributed by atoms with E-state index in [1.165, 1.54) is 17.5 Å². The summed E-state index contributed by atoms with van der Waals surface area (Å²) in [5, 5.41) is 4.05. The molecule has 1 N–H and O–H groups in total. The van der Waals surface area contributed by atoms with E-state index in [0.29, 0.717) is 4.96 Å². The fourth-order valence-corrected chi connectivity index (χ4v) is 2.66. The van der Waals surface area contributed by atoms with Crippen molar-refractivity contribution in [3.8, 4) is 0 Å². The number of imidazole rings is 1. The number of aromatic nitrogens is 2. The Morgan fingerprint density at radius 2 is 2.05 bits per heavy atom. The van der Waals surface area contributed by atoms with Gasteiger partial charge in [0.25, 0.3) is 5.91 Å². The highest BCUT2D eigenvalue weighted by molar-refractivity contribution is 7.15. The van der Waals surface area contributed by atoms with E-state index >= 15 is 0 Å². The number of amides is 1. The number of rotatable bonds is 2. The molecular formula is C13H8F3N3OS. The fourth-order valence-electron chi connectivity index (χ4n) is 1.81. The van der Waals surface area contributed by atoms with Gasteiger partial charge in [-0.3, -0.25) is 9.20 Å². The van der Waals surface area contributed by atoms with Gasteiger partial charge in [0.1, 0.15) is 5.69 Å². The van der Waals surface area contributed by atoms with Gasteiger partial charge in [-0.15, -0.1) is 11.3 Å². The molecule has 0 aliphatic heterocycles. The second kappa shape index (κ2) is 4.88. The molecule has 108 valence electrons. The van der Waals surface area contributed by atoms with Crippen molar-refractivity contribution in [3.05, 3.63) is 52.5 Å². The molecule has 1 aromatic carbocycles. The summed E-state index contributed by atoms with van der Waals surface area (Å²) >= 11 is 1.35. The van der Waals surface area contributed by atoms with E-state index in [4.69, 9.17) is 0 Å². The zero-order valence-corrected chi connectivity index (χ0v) is 11.5. The minimum atomic E-state index is -1.63.